The number of benzene rings is 2. The number of hydrogen-bond acceptors (Lipinski definition) is 1. The summed E-state index contributed by atoms with van der Waals surface area (Å²) in [6.07, 6.45) is 4.07. The summed E-state index contributed by atoms with van der Waals surface area (Å²) in [5, 5.41) is 8.96. The van der Waals surface area contributed by atoms with E-state index in [-0.39, 0.29) is 0 Å². The highest BCUT2D eigenvalue weighted by atomic mass is 16.4. The van der Waals surface area contributed by atoms with Crippen LogP contribution in [-0.4, -0.2) is 15.6 Å². The average molecular weight is 305 g/mol. The molecule has 3 rings (SSSR count). The van der Waals surface area contributed by atoms with Crippen LogP contribution in [0, 0.1) is 0 Å². The highest BCUT2D eigenvalue weighted by Gasteiger charge is 2.06. The smallest absolute Gasteiger partial charge is 0.335 e. The monoisotopic (exact) mass is 305 g/mol. The van der Waals surface area contributed by atoms with Gasteiger partial charge in [-0.15, -0.1) is 0 Å². The van der Waals surface area contributed by atoms with Crippen LogP contribution in [0.25, 0.3) is 16.8 Å². The second kappa shape index (κ2) is 6.13. The molecule has 0 saturated heterocycles. The molecule has 0 saturated carbocycles. The molecule has 0 spiro atoms. The van der Waals surface area contributed by atoms with Gasteiger partial charge in [0.1, 0.15) is 0 Å². The fraction of sp³-hybridized carbons (Fsp3) is 0.150. The van der Waals surface area contributed by atoms with E-state index in [4.69, 9.17) is 5.11 Å². The van der Waals surface area contributed by atoms with Crippen LogP contribution in [0.3, 0.4) is 0 Å². The van der Waals surface area contributed by atoms with Crippen molar-refractivity contribution in [1.82, 2.24) is 4.57 Å². The van der Waals surface area contributed by atoms with E-state index in [1.165, 1.54) is 5.56 Å². The van der Waals surface area contributed by atoms with Crippen LogP contribution in [-0.2, 0) is 0 Å². The molecule has 2 aromatic carbocycles. The first-order valence-electron chi connectivity index (χ1n) is 7.66. The van der Waals surface area contributed by atoms with Crippen LogP contribution in [0.15, 0.2) is 67.0 Å². The van der Waals surface area contributed by atoms with E-state index in [2.05, 4.69) is 48.9 Å². The minimum atomic E-state index is -0.903. The third kappa shape index (κ3) is 3.19. The Hall–Kier alpha value is -2.81. The number of hydrogen-bond donors (Lipinski definition) is 1. The lowest BCUT2D eigenvalue weighted by atomic mass is 10.0. The molecule has 1 aromatic heterocycles. The molecular formula is C20H19NO2. The third-order valence-electron chi connectivity index (χ3n) is 4.02. The standard InChI is InChI=1S/C20H19NO2/c1-14(2)15-7-9-19(10-8-15)21-12-11-18(13-21)16-3-5-17(6-4-16)20(22)23/h3-14H,1-2H3,(H,22,23). The zero-order valence-corrected chi connectivity index (χ0v) is 13.2. The molecule has 3 nitrogen and oxygen atoms in total. The minimum absolute atomic E-state index is 0.303. The lowest BCUT2D eigenvalue weighted by Crippen LogP contribution is -1.94. The summed E-state index contributed by atoms with van der Waals surface area (Å²) in [7, 11) is 0. The number of aromatic carboxylic acids is 1. The Morgan fingerprint density at radius 3 is 2.13 bits per heavy atom. The molecule has 0 atom stereocenters. The molecule has 0 amide bonds. The number of rotatable bonds is 4. The summed E-state index contributed by atoms with van der Waals surface area (Å²) in [5.41, 5.74) is 4.81. The molecule has 116 valence electrons. The van der Waals surface area contributed by atoms with Gasteiger partial charge >= 0.3 is 5.97 Å². The van der Waals surface area contributed by atoms with Crippen molar-refractivity contribution in [1.29, 1.82) is 0 Å². The van der Waals surface area contributed by atoms with Gasteiger partial charge in [0.15, 0.2) is 0 Å². The molecule has 0 unspecified atom stereocenters. The van der Waals surface area contributed by atoms with Crippen molar-refractivity contribution in [3.8, 4) is 16.8 Å². The Labute approximate surface area is 135 Å². The van der Waals surface area contributed by atoms with Gasteiger partial charge in [0.2, 0.25) is 0 Å². The van der Waals surface area contributed by atoms with E-state index in [0.717, 1.165) is 16.8 Å². The highest BCUT2D eigenvalue weighted by molar-refractivity contribution is 5.88. The minimum Gasteiger partial charge on any atom is -0.478 e. The van der Waals surface area contributed by atoms with Crippen molar-refractivity contribution in [3.05, 3.63) is 78.1 Å². The van der Waals surface area contributed by atoms with Crippen LogP contribution in [0.5, 0.6) is 0 Å². The topological polar surface area (TPSA) is 42.2 Å². The van der Waals surface area contributed by atoms with Crippen LogP contribution >= 0.6 is 0 Å². The van der Waals surface area contributed by atoms with Gasteiger partial charge in [-0.3, -0.25) is 0 Å². The van der Waals surface area contributed by atoms with Gasteiger partial charge < -0.3 is 9.67 Å². The van der Waals surface area contributed by atoms with Gasteiger partial charge in [-0.25, -0.2) is 4.79 Å². The Bertz CT molecular complexity index is 812. The van der Waals surface area contributed by atoms with Crippen molar-refractivity contribution in [3.63, 3.8) is 0 Å². The molecule has 0 fully saturated rings. The van der Waals surface area contributed by atoms with Crippen LogP contribution in [0.2, 0.25) is 0 Å². The lowest BCUT2D eigenvalue weighted by molar-refractivity contribution is 0.0697. The summed E-state index contributed by atoms with van der Waals surface area (Å²) in [4.78, 5) is 10.9. The molecule has 1 N–H and O–H groups in total. The molecule has 0 bridgehead atoms. The number of carboxylic acids is 1. The lowest BCUT2D eigenvalue weighted by Gasteiger charge is -2.07. The SMILES string of the molecule is CC(C)c1ccc(-n2ccc(-c3ccc(C(=O)O)cc3)c2)cc1. The normalized spacial score (nSPS) is 10.9. The van der Waals surface area contributed by atoms with Gasteiger partial charge in [-0.1, -0.05) is 38.1 Å². The molecule has 3 aromatic rings. The zero-order valence-electron chi connectivity index (χ0n) is 13.2. The largest absolute Gasteiger partial charge is 0.478 e. The van der Waals surface area contributed by atoms with Crippen LogP contribution in [0.4, 0.5) is 0 Å². The maximum absolute atomic E-state index is 10.9. The predicted octanol–water partition coefficient (Wildman–Crippen LogP) is 4.97. The number of aromatic nitrogens is 1. The van der Waals surface area contributed by atoms with Crippen molar-refractivity contribution in [2.45, 2.75) is 19.8 Å². The van der Waals surface area contributed by atoms with Gasteiger partial charge in [-0.2, -0.15) is 0 Å². The van der Waals surface area contributed by atoms with Gasteiger partial charge in [0.05, 0.1) is 5.56 Å². The first kappa shape index (κ1) is 15.1. The highest BCUT2D eigenvalue weighted by Crippen LogP contribution is 2.23. The van der Waals surface area contributed by atoms with Gasteiger partial charge in [0.25, 0.3) is 0 Å². The quantitative estimate of drug-likeness (QED) is 0.739. The molecule has 0 aliphatic carbocycles. The van der Waals surface area contributed by atoms with E-state index in [1.54, 1.807) is 12.1 Å². The third-order valence-corrected chi connectivity index (χ3v) is 4.02. The fourth-order valence-corrected chi connectivity index (χ4v) is 2.56. The Morgan fingerprint density at radius 2 is 1.57 bits per heavy atom. The molecule has 1 heterocycles. The van der Waals surface area contributed by atoms with Crippen molar-refractivity contribution >= 4 is 5.97 Å². The Balaban J connectivity index is 1.86. The number of carboxylic acid groups (broad SMARTS) is 1. The van der Waals surface area contributed by atoms with E-state index in [0.29, 0.717) is 11.5 Å². The molecular weight excluding hydrogens is 286 g/mol. The fourth-order valence-electron chi connectivity index (χ4n) is 2.56. The Morgan fingerprint density at radius 1 is 0.913 bits per heavy atom. The zero-order chi connectivity index (χ0) is 16.4. The second-order valence-corrected chi connectivity index (χ2v) is 5.94. The van der Waals surface area contributed by atoms with E-state index >= 15 is 0 Å². The van der Waals surface area contributed by atoms with Crippen molar-refractivity contribution < 1.29 is 9.90 Å². The van der Waals surface area contributed by atoms with E-state index < -0.39 is 5.97 Å². The molecule has 0 aliphatic heterocycles. The molecule has 0 radical (unpaired) electrons. The summed E-state index contributed by atoms with van der Waals surface area (Å²) in [5.74, 6) is -0.378. The molecule has 0 aliphatic rings. The van der Waals surface area contributed by atoms with Crippen molar-refractivity contribution in [2.75, 3.05) is 0 Å². The van der Waals surface area contributed by atoms with E-state index in [1.807, 2.05) is 24.4 Å². The first-order chi connectivity index (χ1) is 11.0. The van der Waals surface area contributed by atoms with Gasteiger partial charge in [-0.05, 0) is 52.9 Å². The van der Waals surface area contributed by atoms with Gasteiger partial charge in [0, 0.05) is 18.1 Å². The molecule has 23 heavy (non-hydrogen) atoms. The number of carbonyl (C=O) groups is 1. The maximum Gasteiger partial charge on any atom is 0.335 e. The van der Waals surface area contributed by atoms with Crippen LogP contribution < -0.4 is 0 Å². The summed E-state index contributed by atoms with van der Waals surface area (Å²) in [6.45, 7) is 4.37. The summed E-state index contributed by atoms with van der Waals surface area (Å²) >= 11 is 0. The second-order valence-electron chi connectivity index (χ2n) is 5.94. The van der Waals surface area contributed by atoms with Crippen LogP contribution in [0.1, 0.15) is 35.7 Å². The molecule has 3 heteroatoms. The Kier molecular flexibility index (Phi) is 4.02. The average Bonchev–Trinajstić information content (AvgIpc) is 3.05. The van der Waals surface area contributed by atoms with E-state index in [9.17, 15) is 4.79 Å². The maximum atomic E-state index is 10.9. The summed E-state index contributed by atoms with van der Waals surface area (Å²) < 4.78 is 2.07. The summed E-state index contributed by atoms with van der Waals surface area (Å²) in [6, 6.07) is 17.5. The number of nitrogens with zero attached hydrogens (tertiary/aromatic N) is 1. The predicted molar refractivity (Wildman–Crippen MR) is 92.3 cm³/mol. The van der Waals surface area contributed by atoms with Crippen molar-refractivity contribution in [2.24, 2.45) is 0 Å². The first-order valence-corrected chi connectivity index (χ1v) is 7.66.